The summed E-state index contributed by atoms with van der Waals surface area (Å²) in [5.74, 6) is -0.0600. The molecule has 0 aliphatic rings. The number of carbonyl (C=O) groups is 2. The van der Waals surface area contributed by atoms with E-state index in [0.29, 0.717) is 28.2 Å². The van der Waals surface area contributed by atoms with Gasteiger partial charge in [0.05, 0.1) is 6.54 Å². The summed E-state index contributed by atoms with van der Waals surface area (Å²) in [6.45, 7) is 1.63. The third-order valence-electron chi connectivity index (χ3n) is 4.44. The minimum absolute atomic E-state index is 0.130. The van der Waals surface area contributed by atoms with Crippen LogP contribution in [0.5, 0.6) is 0 Å². The first-order valence-electron chi connectivity index (χ1n) is 9.19. The van der Waals surface area contributed by atoms with Crippen molar-refractivity contribution in [3.63, 3.8) is 0 Å². The van der Waals surface area contributed by atoms with Crippen LogP contribution in [0.25, 0.3) is 22.2 Å². The largest absolute Gasteiger partial charge is 0.441 e. The Labute approximate surface area is 167 Å². The Morgan fingerprint density at radius 2 is 1.66 bits per heavy atom. The monoisotopic (exact) mass is 385 g/mol. The van der Waals surface area contributed by atoms with Crippen molar-refractivity contribution in [3.8, 4) is 11.1 Å². The van der Waals surface area contributed by atoms with Crippen molar-refractivity contribution >= 4 is 28.6 Å². The van der Waals surface area contributed by atoms with Crippen molar-refractivity contribution in [2.45, 2.75) is 6.92 Å². The van der Waals surface area contributed by atoms with E-state index >= 15 is 0 Å². The average molecular weight is 385 g/mol. The minimum Gasteiger partial charge on any atom is -0.441 e. The quantitative estimate of drug-likeness (QED) is 0.540. The van der Waals surface area contributed by atoms with Crippen LogP contribution in [0, 0.1) is 6.92 Å². The zero-order chi connectivity index (χ0) is 20.2. The van der Waals surface area contributed by atoms with E-state index in [-0.39, 0.29) is 18.4 Å². The third-order valence-corrected chi connectivity index (χ3v) is 4.44. The minimum atomic E-state index is -0.321. The molecule has 0 atom stereocenters. The average Bonchev–Trinajstić information content (AvgIpc) is 3.12. The van der Waals surface area contributed by atoms with Gasteiger partial charge in [-0.25, -0.2) is 4.98 Å². The van der Waals surface area contributed by atoms with Crippen molar-refractivity contribution in [2.75, 3.05) is 11.9 Å². The summed E-state index contributed by atoms with van der Waals surface area (Å²) in [6.07, 6.45) is 0. The molecule has 6 nitrogen and oxygen atoms in total. The van der Waals surface area contributed by atoms with Gasteiger partial charge in [0, 0.05) is 18.2 Å². The van der Waals surface area contributed by atoms with Crippen LogP contribution in [0.4, 0.5) is 5.69 Å². The van der Waals surface area contributed by atoms with Gasteiger partial charge in [-0.2, -0.15) is 0 Å². The van der Waals surface area contributed by atoms with Crippen molar-refractivity contribution in [1.29, 1.82) is 0 Å². The maximum Gasteiger partial charge on any atom is 0.251 e. The van der Waals surface area contributed by atoms with Gasteiger partial charge in [-0.05, 0) is 41.5 Å². The van der Waals surface area contributed by atoms with E-state index < -0.39 is 0 Å². The van der Waals surface area contributed by atoms with Crippen LogP contribution in [0.1, 0.15) is 16.2 Å². The van der Waals surface area contributed by atoms with Gasteiger partial charge in [0.1, 0.15) is 5.52 Å². The van der Waals surface area contributed by atoms with Crippen LogP contribution in [0.3, 0.4) is 0 Å². The number of benzene rings is 3. The number of hydrogen-bond donors (Lipinski definition) is 2. The van der Waals surface area contributed by atoms with Crippen molar-refractivity contribution < 1.29 is 14.0 Å². The first-order chi connectivity index (χ1) is 14.1. The molecule has 0 saturated heterocycles. The van der Waals surface area contributed by atoms with E-state index in [1.807, 2.05) is 42.5 Å². The highest BCUT2D eigenvalue weighted by Gasteiger charge is 2.10. The summed E-state index contributed by atoms with van der Waals surface area (Å²) in [4.78, 5) is 28.7. The number of rotatable bonds is 5. The number of aryl methyl sites for hydroxylation is 1. The van der Waals surface area contributed by atoms with Crippen LogP contribution < -0.4 is 10.6 Å². The Morgan fingerprint density at radius 1 is 0.931 bits per heavy atom. The SMILES string of the molecule is Cc1nc2cc(NC(=O)CNC(=O)c3ccc(-c4ccccc4)cc3)ccc2o1. The summed E-state index contributed by atoms with van der Waals surface area (Å²) in [7, 11) is 0. The predicted molar refractivity (Wildman–Crippen MR) is 112 cm³/mol. The Balaban J connectivity index is 1.34. The van der Waals surface area contributed by atoms with Crippen LogP contribution in [-0.4, -0.2) is 23.3 Å². The van der Waals surface area contributed by atoms with E-state index in [1.165, 1.54) is 0 Å². The smallest absolute Gasteiger partial charge is 0.251 e. The number of fused-ring (bicyclic) bond motifs is 1. The summed E-state index contributed by atoms with van der Waals surface area (Å²) >= 11 is 0. The van der Waals surface area contributed by atoms with E-state index in [4.69, 9.17) is 4.42 Å². The molecular formula is C23H19N3O3. The fourth-order valence-corrected chi connectivity index (χ4v) is 3.03. The highest BCUT2D eigenvalue weighted by atomic mass is 16.3. The molecule has 4 aromatic rings. The highest BCUT2D eigenvalue weighted by molar-refractivity contribution is 6.00. The molecule has 1 aromatic heterocycles. The molecule has 6 heteroatoms. The van der Waals surface area contributed by atoms with E-state index in [1.54, 1.807) is 37.3 Å². The van der Waals surface area contributed by atoms with Crippen LogP contribution in [-0.2, 0) is 4.79 Å². The molecule has 4 rings (SSSR count). The maximum absolute atomic E-state index is 12.3. The molecule has 0 radical (unpaired) electrons. The second kappa shape index (κ2) is 7.98. The summed E-state index contributed by atoms with van der Waals surface area (Å²) in [6, 6.07) is 22.4. The Morgan fingerprint density at radius 3 is 2.41 bits per heavy atom. The van der Waals surface area contributed by atoms with E-state index in [2.05, 4.69) is 15.6 Å². The lowest BCUT2D eigenvalue weighted by atomic mass is 10.0. The zero-order valence-corrected chi connectivity index (χ0v) is 15.8. The molecule has 0 aliphatic heterocycles. The standard InChI is InChI=1S/C23H19N3O3/c1-15-25-20-13-19(11-12-21(20)29-15)26-22(27)14-24-23(28)18-9-7-17(8-10-18)16-5-3-2-4-6-16/h2-13H,14H2,1H3,(H,24,28)(H,26,27). The molecule has 2 N–H and O–H groups in total. The predicted octanol–water partition coefficient (Wildman–Crippen LogP) is 4.17. The van der Waals surface area contributed by atoms with Gasteiger partial charge >= 0.3 is 0 Å². The number of anilines is 1. The van der Waals surface area contributed by atoms with Gasteiger partial charge in [0.2, 0.25) is 5.91 Å². The molecular weight excluding hydrogens is 366 g/mol. The third kappa shape index (κ3) is 4.32. The molecule has 0 spiro atoms. The van der Waals surface area contributed by atoms with Gasteiger partial charge in [-0.3, -0.25) is 9.59 Å². The summed E-state index contributed by atoms with van der Waals surface area (Å²) in [5.41, 5.74) is 4.53. The number of carbonyl (C=O) groups excluding carboxylic acids is 2. The highest BCUT2D eigenvalue weighted by Crippen LogP contribution is 2.20. The Bertz CT molecular complexity index is 1170. The van der Waals surface area contributed by atoms with Crippen LogP contribution in [0.15, 0.2) is 77.2 Å². The van der Waals surface area contributed by atoms with Gasteiger partial charge in [-0.1, -0.05) is 42.5 Å². The van der Waals surface area contributed by atoms with Crippen molar-refractivity contribution in [3.05, 3.63) is 84.3 Å². The topological polar surface area (TPSA) is 84.2 Å². The zero-order valence-electron chi connectivity index (χ0n) is 15.8. The summed E-state index contributed by atoms with van der Waals surface area (Å²) < 4.78 is 5.41. The molecule has 0 bridgehead atoms. The second-order valence-corrected chi connectivity index (χ2v) is 6.59. The van der Waals surface area contributed by atoms with Crippen molar-refractivity contribution in [1.82, 2.24) is 10.3 Å². The number of oxazole rings is 1. The fourth-order valence-electron chi connectivity index (χ4n) is 3.03. The fraction of sp³-hybridized carbons (Fsp3) is 0.0870. The number of aromatic nitrogens is 1. The first-order valence-corrected chi connectivity index (χ1v) is 9.19. The number of amides is 2. The summed E-state index contributed by atoms with van der Waals surface area (Å²) in [5, 5.41) is 5.38. The molecule has 0 aliphatic carbocycles. The molecule has 144 valence electrons. The number of nitrogens with one attached hydrogen (secondary N) is 2. The van der Waals surface area contributed by atoms with Gasteiger partial charge in [-0.15, -0.1) is 0 Å². The lowest BCUT2D eigenvalue weighted by molar-refractivity contribution is -0.115. The molecule has 0 unspecified atom stereocenters. The van der Waals surface area contributed by atoms with Gasteiger partial charge in [0.15, 0.2) is 11.5 Å². The van der Waals surface area contributed by atoms with Crippen molar-refractivity contribution in [2.24, 2.45) is 0 Å². The molecule has 3 aromatic carbocycles. The molecule has 29 heavy (non-hydrogen) atoms. The van der Waals surface area contributed by atoms with Crippen LogP contribution >= 0.6 is 0 Å². The second-order valence-electron chi connectivity index (χ2n) is 6.59. The van der Waals surface area contributed by atoms with E-state index in [9.17, 15) is 9.59 Å². The maximum atomic E-state index is 12.3. The molecule has 0 saturated carbocycles. The first kappa shape index (κ1) is 18.4. The molecule has 2 amide bonds. The van der Waals surface area contributed by atoms with Gasteiger partial charge in [0.25, 0.3) is 5.91 Å². The lowest BCUT2D eigenvalue weighted by Crippen LogP contribution is -2.32. The number of hydrogen-bond acceptors (Lipinski definition) is 4. The lowest BCUT2D eigenvalue weighted by Gasteiger charge is -2.08. The normalized spacial score (nSPS) is 10.7. The molecule has 1 heterocycles. The van der Waals surface area contributed by atoms with Crippen LogP contribution in [0.2, 0.25) is 0 Å². The molecule has 0 fully saturated rings. The Hall–Kier alpha value is -3.93. The Kier molecular flexibility index (Phi) is 5.07. The van der Waals surface area contributed by atoms with E-state index in [0.717, 1.165) is 11.1 Å². The van der Waals surface area contributed by atoms with Gasteiger partial charge < -0.3 is 15.1 Å². The number of nitrogens with zero attached hydrogens (tertiary/aromatic N) is 1.